The predicted octanol–water partition coefficient (Wildman–Crippen LogP) is 3.65. The minimum atomic E-state index is -0.789. The van der Waals surface area contributed by atoms with Gasteiger partial charge in [-0.05, 0) is 30.3 Å². The lowest BCUT2D eigenvalue weighted by Crippen LogP contribution is -2.50. The van der Waals surface area contributed by atoms with E-state index >= 15 is 0 Å². The molecule has 0 spiro atoms. The summed E-state index contributed by atoms with van der Waals surface area (Å²) in [7, 11) is 1.54. The molecule has 1 atom stereocenters. The first-order chi connectivity index (χ1) is 15.2. The van der Waals surface area contributed by atoms with Gasteiger partial charge in [0.25, 0.3) is 11.8 Å². The summed E-state index contributed by atoms with van der Waals surface area (Å²) in [4.78, 5) is 27.3. The van der Waals surface area contributed by atoms with Gasteiger partial charge in [-0.15, -0.1) is 0 Å². The van der Waals surface area contributed by atoms with Crippen LogP contribution in [-0.4, -0.2) is 36.7 Å². The molecule has 1 aliphatic rings. The van der Waals surface area contributed by atoms with Gasteiger partial charge in [0.1, 0.15) is 11.3 Å². The maximum absolute atomic E-state index is 13.5. The largest absolute Gasteiger partial charge is 0.477 e. The van der Waals surface area contributed by atoms with Crippen molar-refractivity contribution in [3.8, 4) is 17.1 Å². The lowest BCUT2D eigenvalue weighted by Gasteiger charge is -2.34. The van der Waals surface area contributed by atoms with Crippen LogP contribution < -0.4 is 15.0 Å². The fourth-order valence-corrected chi connectivity index (χ4v) is 3.75. The third kappa shape index (κ3) is 3.30. The van der Waals surface area contributed by atoms with Gasteiger partial charge in [-0.2, -0.15) is 0 Å². The number of nitrogens with one attached hydrogen (secondary N) is 1. The van der Waals surface area contributed by atoms with Crippen molar-refractivity contribution in [3.63, 3.8) is 0 Å². The van der Waals surface area contributed by atoms with Crippen LogP contribution in [0.25, 0.3) is 22.2 Å². The van der Waals surface area contributed by atoms with Crippen LogP contribution in [0.5, 0.6) is 5.75 Å². The predicted molar refractivity (Wildman–Crippen MR) is 116 cm³/mol. The second-order valence-corrected chi connectivity index (χ2v) is 7.21. The first-order valence-corrected chi connectivity index (χ1v) is 9.89. The standard InChI is InChI=1S/C24H19N3O4/c1-25-23(28)21-14-27(19-9-5-6-10-20(19)30-21)24(29)16-11-12-18-17(13-16)22(31-26-18)15-7-3-2-4-8-15/h2-13,21H,14H2,1H3,(H,25,28). The van der Waals surface area contributed by atoms with Crippen LogP contribution in [0.15, 0.2) is 77.3 Å². The van der Waals surface area contributed by atoms with E-state index in [0.717, 1.165) is 10.9 Å². The van der Waals surface area contributed by atoms with Crippen LogP contribution in [-0.2, 0) is 4.79 Å². The van der Waals surface area contributed by atoms with E-state index < -0.39 is 6.10 Å². The molecule has 1 aliphatic heterocycles. The van der Waals surface area contributed by atoms with E-state index in [1.165, 1.54) is 0 Å². The molecule has 7 heteroatoms. The van der Waals surface area contributed by atoms with E-state index in [4.69, 9.17) is 9.26 Å². The zero-order chi connectivity index (χ0) is 21.4. The summed E-state index contributed by atoms with van der Waals surface area (Å²) >= 11 is 0. The molecule has 0 radical (unpaired) electrons. The van der Waals surface area contributed by atoms with Gasteiger partial charge in [-0.25, -0.2) is 0 Å². The van der Waals surface area contributed by atoms with Gasteiger partial charge < -0.3 is 19.5 Å². The number of likely N-dealkylation sites (N-methyl/N-ethyl adjacent to an activating group) is 1. The number of rotatable bonds is 3. The Balaban J connectivity index is 1.56. The zero-order valence-electron chi connectivity index (χ0n) is 16.7. The molecule has 0 aliphatic carbocycles. The summed E-state index contributed by atoms with van der Waals surface area (Å²) in [5.41, 5.74) is 2.65. The molecule has 31 heavy (non-hydrogen) atoms. The molecule has 3 aromatic carbocycles. The van der Waals surface area contributed by atoms with Crippen molar-refractivity contribution in [1.29, 1.82) is 0 Å². The van der Waals surface area contributed by atoms with Gasteiger partial charge in [-0.1, -0.05) is 47.6 Å². The number of fused-ring (bicyclic) bond motifs is 2. The van der Waals surface area contributed by atoms with E-state index in [1.54, 1.807) is 42.3 Å². The summed E-state index contributed by atoms with van der Waals surface area (Å²) in [5.74, 6) is 0.586. The van der Waals surface area contributed by atoms with Crippen LogP contribution in [0.3, 0.4) is 0 Å². The van der Waals surface area contributed by atoms with Gasteiger partial charge in [0.15, 0.2) is 11.9 Å². The molecule has 1 N–H and O–H groups in total. The average Bonchev–Trinajstić information content (AvgIpc) is 3.26. The van der Waals surface area contributed by atoms with Gasteiger partial charge >= 0.3 is 0 Å². The van der Waals surface area contributed by atoms with Crippen LogP contribution in [0.2, 0.25) is 0 Å². The SMILES string of the molecule is CNC(=O)C1CN(C(=O)c2ccc3noc(-c4ccccc4)c3c2)c2ccccc2O1. The first kappa shape index (κ1) is 18.9. The summed E-state index contributed by atoms with van der Waals surface area (Å²) in [5, 5.41) is 7.46. The third-order valence-electron chi connectivity index (χ3n) is 5.32. The normalized spacial score (nSPS) is 15.3. The second kappa shape index (κ2) is 7.60. The Morgan fingerprint density at radius 3 is 2.61 bits per heavy atom. The molecule has 5 rings (SSSR count). The van der Waals surface area contributed by atoms with Crippen molar-refractivity contribution in [2.45, 2.75) is 6.10 Å². The Morgan fingerprint density at radius 2 is 1.81 bits per heavy atom. The number of para-hydroxylation sites is 2. The van der Waals surface area contributed by atoms with Crippen LogP contribution in [0.1, 0.15) is 10.4 Å². The molecule has 0 fully saturated rings. The van der Waals surface area contributed by atoms with Crippen molar-refractivity contribution in [3.05, 3.63) is 78.4 Å². The maximum Gasteiger partial charge on any atom is 0.262 e. The molecule has 2 amide bonds. The Morgan fingerprint density at radius 1 is 1.03 bits per heavy atom. The summed E-state index contributed by atoms with van der Waals surface area (Å²) in [6.07, 6.45) is -0.789. The number of ether oxygens (including phenoxy) is 1. The minimum absolute atomic E-state index is 0.114. The minimum Gasteiger partial charge on any atom is -0.477 e. The molecular formula is C24H19N3O4. The second-order valence-electron chi connectivity index (χ2n) is 7.21. The van der Waals surface area contributed by atoms with Crippen LogP contribution in [0.4, 0.5) is 5.69 Å². The Labute approximate surface area is 178 Å². The molecule has 0 bridgehead atoms. The van der Waals surface area contributed by atoms with E-state index in [0.29, 0.717) is 28.3 Å². The number of carbonyl (C=O) groups is 2. The van der Waals surface area contributed by atoms with Gasteiger partial charge in [0, 0.05) is 18.2 Å². The highest BCUT2D eigenvalue weighted by molar-refractivity contribution is 6.10. The monoisotopic (exact) mass is 413 g/mol. The third-order valence-corrected chi connectivity index (χ3v) is 5.32. The molecule has 154 valence electrons. The van der Waals surface area contributed by atoms with Gasteiger partial charge in [0.05, 0.1) is 17.6 Å². The topological polar surface area (TPSA) is 84.7 Å². The lowest BCUT2D eigenvalue weighted by molar-refractivity contribution is -0.127. The molecule has 0 saturated heterocycles. The number of hydrogen-bond donors (Lipinski definition) is 1. The maximum atomic E-state index is 13.5. The fourth-order valence-electron chi connectivity index (χ4n) is 3.75. The Hall–Kier alpha value is -4.13. The molecule has 2 heterocycles. The van der Waals surface area contributed by atoms with E-state index in [9.17, 15) is 9.59 Å². The fraction of sp³-hybridized carbons (Fsp3) is 0.125. The van der Waals surface area contributed by atoms with Crippen molar-refractivity contribution in [2.75, 3.05) is 18.5 Å². The molecule has 0 saturated carbocycles. The highest BCUT2D eigenvalue weighted by atomic mass is 16.5. The van der Waals surface area contributed by atoms with Gasteiger partial charge in [-0.3, -0.25) is 9.59 Å². The molecule has 1 unspecified atom stereocenters. The van der Waals surface area contributed by atoms with Crippen LogP contribution in [0, 0.1) is 0 Å². The molecule has 7 nitrogen and oxygen atoms in total. The van der Waals surface area contributed by atoms with Crippen LogP contribution >= 0.6 is 0 Å². The first-order valence-electron chi connectivity index (χ1n) is 9.89. The van der Waals surface area contributed by atoms with Crippen molar-refractivity contribution in [1.82, 2.24) is 10.5 Å². The summed E-state index contributed by atoms with van der Waals surface area (Å²) in [6, 6.07) is 22.1. The Bertz CT molecular complexity index is 1280. The molecular weight excluding hydrogens is 394 g/mol. The number of nitrogens with zero attached hydrogens (tertiary/aromatic N) is 2. The summed E-state index contributed by atoms with van der Waals surface area (Å²) in [6.45, 7) is 0.114. The molecule has 1 aromatic heterocycles. The highest BCUT2D eigenvalue weighted by Crippen LogP contribution is 2.35. The van der Waals surface area contributed by atoms with Crippen molar-refractivity contribution < 1.29 is 18.8 Å². The quantitative estimate of drug-likeness (QED) is 0.554. The number of benzene rings is 3. The average molecular weight is 413 g/mol. The zero-order valence-corrected chi connectivity index (χ0v) is 16.7. The van der Waals surface area contributed by atoms with E-state index in [-0.39, 0.29) is 18.4 Å². The number of aromatic nitrogens is 1. The number of anilines is 1. The smallest absolute Gasteiger partial charge is 0.262 e. The van der Waals surface area contributed by atoms with E-state index in [2.05, 4.69) is 10.5 Å². The van der Waals surface area contributed by atoms with Crippen molar-refractivity contribution >= 4 is 28.4 Å². The highest BCUT2D eigenvalue weighted by Gasteiger charge is 2.34. The van der Waals surface area contributed by atoms with E-state index in [1.807, 2.05) is 42.5 Å². The number of carbonyl (C=O) groups excluding carboxylic acids is 2. The van der Waals surface area contributed by atoms with Gasteiger partial charge in [0.2, 0.25) is 0 Å². The lowest BCUT2D eigenvalue weighted by atomic mass is 10.0. The molecule has 4 aromatic rings. The summed E-state index contributed by atoms with van der Waals surface area (Å²) < 4.78 is 11.4. The van der Waals surface area contributed by atoms with Crippen molar-refractivity contribution in [2.24, 2.45) is 0 Å². The Kier molecular flexibility index (Phi) is 4.63. The number of hydrogen-bond acceptors (Lipinski definition) is 5. The number of amides is 2.